The molecule has 3 aromatic rings. The van der Waals surface area contributed by atoms with Crippen LogP contribution >= 0.6 is 0 Å². The Morgan fingerprint density at radius 3 is 1.88 bits per heavy atom. The largest absolute Gasteiger partial charge is 0.457 e. The lowest BCUT2D eigenvalue weighted by atomic mass is 10.2. The zero-order valence-electron chi connectivity index (χ0n) is 12.8. The van der Waals surface area contributed by atoms with Crippen molar-refractivity contribution in [2.24, 2.45) is 0 Å². The van der Waals surface area contributed by atoms with Crippen molar-refractivity contribution in [3.8, 4) is 29.1 Å². The molecule has 0 aromatic heterocycles. The first kappa shape index (κ1) is 15.3. The second-order valence-electron chi connectivity index (χ2n) is 5.12. The van der Waals surface area contributed by atoms with Gasteiger partial charge in [-0.3, -0.25) is 0 Å². The lowest BCUT2D eigenvalue weighted by molar-refractivity contribution is 0.459. The summed E-state index contributed by atoms with van der Waals surface area (Å²) < 4.78 is 11.5. The van der Waals surface area contributed by atoms with Gasteiger partial charge in [0.25, 0.3) is 0 Å². The summed E-state index contributed by atoms with van der Waals surface area (Å²) in [5, 5.41) is 9.26. The smallest absolute Gasteiger partial charge is 0.148 e. The van der Waals surface area contributed by atoms with Crippen molar-refractivity contribution in [1.82, 2.24) is 0 Å². The second-order valence-corrected chi connectivity index (χ2v) is 5.12. The Hall–Kier alpha value is -3.65. The highest BCUT2D eigenvalue weighted by molar-refractivity contribution is 5.52. The van der Waals surface area contributed by atoms with E-state index in [1.807, 2.05) is 0 Å². The van der Waals surface area contributed by atoms with Crippen molar-refractivity contribution in [2.75, 3.05) is 11.5 Å². The van der Waals surface area contributed by atoms with Crippen molar-refractivity contribution >= 4 is 11.4 Å². The van der Waals surface area contributed by atoms with Crippen LogP contribution in [0, 0.1) is 11.3 Å². The average molecular weight is 317 g/mol. The first-order valence-corrected chi connectivity index (χ1v) is 7.25. The monoisotopic (exact) mass is 317 g/mol. The van der Waals surface area contributed by atoms with Gasteiger partial charge in [0.1, 0.15) is 29.1 Å². The van der Waals surface area contributed by atoms with Crippen molar-refractivity contribution in [3.05, 3.63) is 72.3 Å². The van der Waals surface area contributed by atoms with Crippen LogP contribution in [0.2, 0.25) is 0 Å². The summed E-state index contributed by atoms with van der Waals surface area (Å²) in [5.41, 5.74) is 13.1. The molecule has 0 atom stereocenters. The number of hydrogen-bond acceptors (Lipinski definition) is 5. The second kappa shape index (κ2) is 6.63. The number of ether oxygens (including phenoxy) is 2. The maximum atomic E-state index is 9.26. The summed E-state index contributed by atoms with van der Waals surface area (Å²) in [6.45, 7) is 0. The van der Waals surface area contributed by atoms with Gasteiger partial charge >= 0.3 is 0 Å². The van der Waals surface area contributed by atoms with E-state index in [9.17, 15) is 5.26 Å². The van der Waals surface area contributed by atoms with Crippen molar-refractivity contribution in [3.63, 3.8) is 0 Å². The fourth-order valence-electron chi connectivity index (χ4n) is 2.16. The SMILES string of the molecule is N#Cc1ccc(Oc2cccc(N)c2)cc1Oc1cccc(N)c1. The molecular formula is C19H15N3O2. The van der Waals surface area contributed by atoms with E-state index in [4.69, 9.17) is 20.9 Å². The van der Waals surface area contributed by atoms with Gasteiger partial charge in [0.05, 0.1) is 5.56 Å². The molecule has 0 heterocycles. The number of hydrogen-bond donors (Lipinski definition) is 2. The summed E-state index contributed by atoms with van der Waals surface area (Å²) in [6, 6.07) is 21.2. The first-order valence-electron chi connectivity index (χ1n) is 7.25. The lowest BCUT2D eigenvalue weighted by Crippen LogP contribution is -1.92. The summed E-state index contributed by atoms with van der Waals surface area (Å²) in [7, 11) is 0. The quantitative estimate of drug-likeness (QED) is 0.699. The van der Waals surface area contributed by atoms with Crippen LogP contribution in [0.5, 0.6) is 23.0 Å². The highest BCUT2D eigenvalue weighted by atomic mass is 16.5. The van der Waals surface area contributed by atoms with Crippen LogP contribution in [-0.4, -0.2) is 0 Å². The number of anilines is 2. The molecular weight excluding hydrogens is 302 g/mol. The van der Waals surface area contributed by atoms with Gasteiger partial charge in [-0.2, -0.15) is 5.26 Å². The molecule has 5 heteroatoms. The molecule has 0 fully saturated rings. The third-order valence-corrected chi connectivity index (χ3v) is 3.25. The lowest BCUT2D eigenvalue weighted by Gasteiger charge is -2.11. The maximum absolute atomic E-state index is 9.26. The topological polar surface area (TPSA) is 94.3 Å². The van der Waals surface area contributed by atoms with Gasteiger partial charge < -0.3 is 20.9 Å². The van der Waals surface area contributed by atoms with Gasteiger partial charge in [-0.15, -0.1) is 0 Å². The number of benzene rings is 3. The van der Waals surface area contributed by atoms with Crippen LogP contribution in [0.4, 0.5) is 11.4 Å². The molecule has 0 amide bonds. The van der Waals surface area contributed by atoms with Gasteiger partial charge in [0.2, 0.25) is 0 Å². The van der Waals surface area contributed by atoms with Gasteiger partial charge in [-0.1, -0.05) is 12.1 Å². The molecule has 0 spiro atoms. The van der Waals surface area contributed by atoms with Crippen molar-refractivity contribution in [1.29, 1.82) is 5.26 Å². The van der Waals surface area contributed by atoms with Crippen LogP contribution in [0.3, 0.4) is 0 Å². The van der Waals surface area contributed by atoms with Gasteiger partial charge in [-0.05, 0) is 36.4 Å². The molecule has 0 radical (unpaired) electrons. The van der Waals surface area contributed by atoms with Crippen LogP contribution in [0.1, 0.15) is 5.56 Å². The Morgan fingerprint density at radius 2 is 1.29 bits per heavy atom. The highest BCUT2D eigenvalue weighted by Gasteiger charge is 2.08. The normalized spacial score (nSPS) is 9.96. The number of nitrogens with zero attached hydrogens (tertiary/aromatic N) is 1. The molecule has 4 N–H and O–H groups in total. The highest BCUT2D eigenvalue weighted by Crippen LogP contribution is 2.32. The molecule has 0 bridgehead atoms. The number of rotatable bonds is 4. The molecule has 0 aliphatic heterocycles. The molecule has 0 aliphatic rings. The summed E-state index contributed by atoms with van der Waals surface area (Å²) >= 11 is 0. The first-order chi connectivity index (χ1) is 11.6. The minimum Gasteiger partial charge on any atom is -0.457 e. The predicted molar refractivity (Wildman–Crippen MR) is 93.0 cm³/mol. The van der Waals surface area contributed by atoms with E-state index >= 15 is 0 Å². The zero-order valence-corrected chi connectivity index (χ0v) is 12.8. The molecule has 5 nitrogen and oxygen atoms in total. The molecule has 0 saturated heterocycles. The Kier molecular flexibility index (Phi) is 4.21. The van der Waals surface area contributed by atoms with Crippen LogP contribution in [0.15, 0.2) is 66.7 Å². The van der Waals surface area contributed by atoms with E-state index in [1.165, 1.54) is 0 Å². The van der Waals surface area contributed by atoms with Crippen LogP contribution in [-0.2, 0) is 0 Å². The van der Waals surface area contributed by atoms with E-state index in [0.717, 1.165) is 0 Å². The summed E-state index contributed by atoms with van der Waals surface area (Å²) in [4.78, 5) is 0. The molecule has 3 rings (SSSR count). The molecule has 0 aliphatic carbocycles. The standard InChI is InChI=1S/C19H15N3O2/c20-12-13-7-8-18(23-16-5-1-3-14(21)9-16)11-19(13)24-17-6-2-4-15(22)10-17/h1-11H,21-22H2. The Bertz CT molecular complexity index is 916. The van der Waals surface area contributed by atoms with Gasteiger partial charge in [0.15, 0.2) is 0 Å². The van der Waals surface area contributed by atoms with Gasteiger partial charge in [-0.25, -0.2) is 0 Å². The van der Waals surface area contributed by atoms with E-state index in [0.29, 0.717) is 39.9 Å². The van der Waals surface area contributed by atoms with Gasteiger partial charge in [0, 0.05) is 29.6 Å². The maximum Gasteiger partial charge on any atom is 0.148 e. The van der Waals surface area contributed by atoms with Crippen molar-refractivity contribution < 1.29 is 9.47 Å². The number of nitrogens with two attached hydrogens (primary N) is 2. The molecule has 3 aromatic carbocycles. The van der Waals surface area contributed by atoms with E-state index in [-0.39, 0.29) is 0 Å². The third-order valence-electron chi connectivity index (χ3n) is 3.25. The third kappa shape index (κ3) is 3.57. The van der Waals surface area contributed by atoms with E-state index < -0.39 is 0 Å². The fraction of sp³-hybridized carbons (Fsp3) is 0. The Balaban J connectivity index is 1.89. The molecule has 0 unspecified atom stereocenters. The number of nitriles is 1. The Labute approximate surface area is 139 Å². The number of nitrogen functional groups attached to an aromatic ring is 2. The molecule has 118 valence electrons. The fourth-order valence-corrected chi connectivity index (χ4v) is 2.16. The average Bonchev–Trinajstić information content (AvgIpc) is 2.55. The van der Waals surface area contributed by atoms with E-state index in [2.05, 4.69) is 6.07 Å². The zero-order chi connectivity index (χ0) is 16.9. The minimum atomic E-state index is 0.393. The van der Waals surface area contributed by atoms with E-state index in [1.54, 1.807) is 66.7 Å². The summed E-state index contributed by atoms with van der Waals surface area (Å²) in [5.74, 6) is 2.09. The summed E-state index contributed by atoms with van der Waals surface area (Å²) in [6.07, 6.45) is 0. The Morgan fingerprint density at radius 1 is 0.708 bits per heavy atom. The molecule has 0 saturated carbocycles. The molecule has 24 heavy (non-hydrogen) atoms. The minimum absolute atomic E-state index is 0.393. The van der Waals surface area contributed by atoms with Crippen LogP contribution < -0.4 is 20.9 Å². The van der Waals surface area contributed by atoms with Crippen molar-refractivity contribution in [2.45, 2.75) is 0 Å². The van der Waals surface area contributed by atoms with Crippen LogP contribution in [0.25, 0.3) is 0 Å². The predicted octanol–water partition coefficient (Wildman–Crippen LogP) is 4.31.